The molecular formula is C19H22N4O. The highest BCUT2D eigenvalue weighted by atomic mass is 16.1. The molecule has 4 N–H and O–H groups in total. The Morgan fingerprint density at radius 3 is 2.54 bits per heavy atom. The summed E-state index contributed by atoms with van der Waals surface area (Å²) in [6.07, 6.45) is 0.323. The largest absolute Gasteiger partial charge is 0.399 e. The van der Waals surface area contributed by atoms with Crippen LogP contribution in [0.15, 0.2) is 48.5 Å². The Hall–Kier alpha value is -2.82. The molecule has 1 unspecified atom stereocenters. The third kappa shape index (κ3) is 3.56. The van der Waals surface area contributed by atoms with Crippen molar-refractivity contribution in [2.75, 3.05) is 5.73 Å². The van der Waals surface area contributed by atoms with Gasteiger partial charge in [0.2, 0.25) is 5.91 Å². The second kappa shape index (κ2) is 6.74. The molecule has 1 heterocycles. The van der Waals surface area contributed by atoms with E-state index >= 15 is 0 Å². The lowest BCUT2D eigenvalue weighted by molar-refractivity contribution is -0.121. The van der Waals surface area contributed by atoms with Crippen molar-refractivity contribution in [3.63, 3.8) is 0 Å². The Morgan fingerprint density at radius 1 is 1.17 bits per heavy atom. The molecule has 5 nitrogen and oxygen atoms in total. The summed E-state index contributed by atoms with van der Waals surface area (Å²) in [6, 6.07) is 15.1. The number of aromatic nitrogens is 2. The Balaban J connectivity index is 1.76. The molecule has 3 rings (SSSR count). The molecule has 5 heteroatoms. The van der Waals surface area contributed by atoms with E-state index in [9.17, 15) is 4.79 Å². The van der Waals surface area contributed by atoms with Crippen LogP contribution in [0.5, 0.6) is 0 Å². The number of hydrogen-bond donors (Lipinski definition) is 3. The van der Waals surface area contributed by atoms with Crippen LogP contribution in [0.3, 0.4) is 0 Å². The molecule has 0 aliphatic carbocycles. The van der Waals surface area contributed by atoms with Gasteiger partial charge in [-0.2, -0.15) is 0 Å². The minimum absolute atomic E-state index is 0.0288. The molecule has 0 bridgehead atoms. The van der Waals surface area contributed by atoms with Crippen molar-refractivity contribution in [1.82, 2.24) is 15.3 Å². The highest BCUT2D eigenvalue weighted by Crippen LogP contribution is 2.22. The van der Waals surface area contributed by atoms with Crippen molar-refractivity contribution in [2.24, 2.45) is 5.92 Å². The smallest absolute Gasteiger partial charge is 0.225 e. The summed E-state index contributed by atoms with van der Waals surface area (Å²) in [6.45, 7) is 4.14. The van der Waals surface area contributed by atoms with Gasteiger partial charge >= 0.3 is 0 Å². The van der Waals surface area contributed by atoms with Gasteiger partial charge in [0.25, 0.3) is 0 Å². The Labute approximate surface area is 141 Å². The summed E-state index contributed by atoms with van der Waals surface area (Å²) >= 11 is 0. The number of nitrogens with two attached hydrogens (primary N) is 1. The quantitative estimate of drug-likeness (QED) is 0.631. The van der Waals surface area contributed by atoms with Gasteiger partial charge in [0.15, 0.2) is 0 Å². The van der Waals surface area contributed by atoms with Gasteiger partial charge in [-0.15, -0.1) is 0 Å². The van der Waals surface area contributed by atoms with E-state index in [0.717, 1.165) is 22.4 Å². The van der Waals surface area contributed by atoms with Crippen molar-refractivity contribution >= 4 is 22.6 Å². The number of aromatic amines is 1. The van der Waals surface area contributed by atoms with E-state index in [0.29, 0.717) is 12.1 Å². The zero-order valence-corrected chi connectivity index (χ0v) is 13.9. The number of nitrogens with zero attached hydrogens (tertiary/aromatic N) is 1. The molecular weight excluding hydrogens is 300 g/mol. The molecule has 0 aliphatic rings. The second-order valence-corrected chi connectivity index (χ2v) is 6.35. The maximum atomic E-state index is 12.4. The molecule has 3 aromatic rings. The monoisotopic (exact) mass is 322 g/mol. The number of rotatable bonds is 5. The van der Waals surface area contributed by atoms with Crippen LogP contribution in [0.4, 0.5) is 5.69 Å². The predicted molar refractivity (Wildman–Crippen MR) is 96.4 cm³/mol. The fourth-order valence-electron chi connectivity index (χ4n) is 2.72. The topological polar surface area (TPSA) is 83.8 Å². The van der Waals surface area contributed by atoms with Crippen LogP contribution < -0.4 is 11.1 Å². The van der Waals surface area contributed by atoms with Gasteiger partial charge in [-0.3, -0.25) is 4.79 Å². The highest BCUT2D eigenvalue weighted by molar-refractivity contribution is 5.79. The fourth-order valence-corrected chi connectivity index (χ4v) is 2.72. The average molecular weight is 322 g/mol. The molecule has 24 heavy (non-hydrogen) atoms. The van der Waals surface area contributed by atoms with Gasteiger partial charge in [0.1, 0.15) is 5.82 Å². The lowest BCUT2D eigenvalue weighted by Crippen LogP contribution is -2.33. The Morgan fingerprint density at radius 2 is 1.88 bits per heavy atom. The lowest BCUT2D eigenvalue weighted by Gasteiger charge is -2.20. The molecule has 0 saturated heterocycles. The molecule has 1 aromatic heterocycles. The number of amides is 1. The molecule has 1 amide bonds. The van der Waals surface area contributed by atoms with E-state index in [2.05, 4.69) is 29.1 Å². The number of carbonyl (C=O) groups is 1. The van der Waals surface area contributed by atoms with Gasteiger partial charge in [-0.05, 0) is 35.7 Å². The van der Waals surface area contributed by atoms with Gasteiger partial charge in [0.05, 0.1) is 23.5 Å². The number of benzene rings is 2. The number of nitrogen functional groups attached to an aromatic ring is 1. The molecule has 0 saturated carbocycles. The Bertz CT molecular complexity index is 803. The van der Waals surface area contributed by atoms with Crippen LogP contribution in [0.25, 0.3) is 11.0 Å². The van der Waals surface area contributed by atoms with E-state index in [1.165, 1.54) is 0 Å². The van der Waals surface area contributed by atoms with E-state index in [4.69, 9.17) is 5.73 Å². The van der Waals surface area contributed by atoms with Crippen LogP contribution in [0, 0.1) is 5.92 Å². The van der Waals surface area contributed by atoms with Crippen LogP contribution >= 0.6 is 0 Å². The number of anilines is 1. The van der Waals surface area contributed by atoms with Crippen molar-refractivity contribution < 1.29 is 4.79 Å². The first-order valence-electron chi connectivity index (χ1n) is 8.11. The van der Waals surface area contributed by atoms with Crippen LogP contribution in [0.2, 0.25) is 0 Å². The second-order valence-electron chi connectivity index (χ2n) is 6.35. The molecule has 0 fully saturated rings. The van der Waals surface area contributed by atoms with Crippen LogP contribution in [0.1, 0.15) is 31.3 Å². The van der Waals surface area contributed by atoms with Crippen molar-refractivity contribution in [3.05, 3.63) is 59.9 Å². The number of imidazole rings is 1. The Kier molecular flexibility index (Phi) is 4.51. The maximum absolute atomic E-state index is 12.4. The molecule has 1 atom stereocenters. The SMILES string of the molecule is CC(C)C(NC(=O)Cc1ccc(N)cc1)c1nc2ccccc2[nH]1. The van der Waals surface area contributed by atoms with Crippen molar-refractivity contribution in [1.29, 1.82) is 0 Å². The van der Waals surface area contributed by atoms with E-state index in [-0.39, 0.29) is 17.9 Å². The third-order valence-corrected chi connectivity index (χ3v) is 4.03. The number of H-pyrrole nitrogens is 1. The minimum atomic E-state index is -0.154. The molecule has 124 valence electrons. The summed E-state index contributed by atoms with van der Waals surface area (Å²) < 4.78 is 0. The predicted octanol–water partition coefficient (Wildman–Crippen LogP) is 3.20. The first-order valence-corrected chi connectivity index (χ1v) is 8.11. The lowest BCUT2D eigenvalue weighted by atomic mass is 10.0. The molecule has 0 aliphatic heterocycles. The first-order chi connectivity index (χ1) is 11.5. The maximum Gasteiger partial charge on any atom is 0.225 e. The molecule has 0 spiro atoms. The highest BCUT2D eigenvalue weighted by Gasteiger charge is 2.21. The van der Waals surface area contributed by atoms with Gasteiger partial charge < -0.3 is 16.0 Å². The summed E-state index contributed by atoms with van der Waals surface area (Å²) in [5.41, 5.74) is 9.20. The number of fused-ring (bicyclic) bond motifs is 1. The number of nitrogens with one attached hydrogen (secondary N) is 2. The van der Waals surface area contributed by atoms with Gasteiger partial charge in [0, 0.05) is 5.69 Å². The first kappa shape index (κ1) is 16.1. The van der Waals surface area contributed by atoms with E-state index in [1.807, 2.05) is 48.5 Å². The minimum Gasteiger partial charge on any atom is -0.399 e. The molecule has 0 radical (unpaired) electrons. The van der Waals surface area contributed by atoms with Crippen LogP contribution in [-0.4, -0.2) is 15.9 Å². The molecule has 2 aromatic carbocycles. The van der Waals surface area contributed by atoms with Crippen LogP contribution in [-0.2, 0) is 11.2 Å². The zero-order valence-electron chi connectivity index (χ0n) is 13.9. The number of hydrogen-bond acceptors (Lipinski definition) is 3. The number of para-hydroxylation sites is 2. The van der Waals surface area contributed by atoms with E-state index < -0.39 is 0 Å². The summed E-state index contributed by atoms with van der Waals surface area (Å²) in [4.78, 5) is 20.3. The van der Waals surface area contributed by atoms with Crippen molar-refractivity contribution in [2.45, 2.75) is 26.3 Å². The summed E-state index contributed by atoms with van der Waals surface area (Å²) in [5.74, 6) is 0.983. The fraction of sp³-hybridized carbons (Fsp3) is 0.263. The van der Waals surface area contributed by atoms with E-state index in [1.54, 1.807) is 0 Å². The van der Waals surface area contributed by atoms with Crippen molar-refractivity contribution in [3.8, 4) is 0 Å². The standard InChI is InChI=1S/C19H22N4O/c1-12(2)18(19-21-15-5-3-4-6-16(15)22-19)23-17(24)11-13-7-9-14(20)10-8-13/h3-10,12,18H,11,20H2,1-2H3,(H,21,22)(H,23,24). The number of carbonyl (C=O) groups excluding carboxylic acids is 1. The summed E-state index contributed by atoms with van der Waals surface area (Å²) in [5, 5.41) is 3.09. The zero-order chi connectivity index (χ0) is 17.1. The van der Waals surface area contributed by atoms with Gasteiger partial charge in [-0.1, -0.05) is 38.1 Å². The summed E-state index contributed by atoms with van der Waals surface area (Å²) in [7, 11) is 0. The third-order valence-electron chi connectivity index (χ3n) is 4.03. The average Bonchev–Trinajstić information content (AvgIpc) is 2.98. The normalized spacial score (nSPS) is 12.5. The van der Waals surface area contributed by atoms with Gasteiger partial charge in [-0.25, -0.2) is 4.98 Å².